The van der Waals surface area contributed by atoms with Crippen LogP contribution in [0.15, 0.2) is 6.07 Å². The molecule has 18 heavy (non-hydrogen) atoms. The Bertz CT molecular complexity index is 446. The molecule has 1 saturated heterocycles. The molecule has 0 radical (unpaired) electrons. The number of benzene rings is 1. The SMILES string of the molecule is CC(c1cc(Cl)c(Cl)c(Cl)c1Cl)[SiH]1CCCCO1. The summed E-state index contributed by atoms with van der Waals surface area (Å²) in [6, 6.07) is 3.00. The van der Waals surface area contributed by atoms with Gasteiger partial charge in [0.15, 0.2) is 9.04 Å². The van der Waals surface area contributed by atoms with E-state index in [0.717, 1.165) is 18.6 Å². The largest absolute Gasteiger partial charge is 0.419 e. The van der Waals surface area contributed by atoms with Gasteiger partial charge in [-0.05, 0) is 29.6 Å². The van der Waals surface area contributed by atoms with E-state index in [9.17, 15) is 0 Å². The number of hydrogen-bond acceptors (Lipinski definition) is 1. The van der Waals surface area contributed by atoms with Gasteiger partial charge in [0, 0.05) is 6.61 Å². The van der Waals surface area contributed by atoms with Crippen molar-refractivity contribution in [2.24, 2.45) is 0 Å². The molecule has 1 aromatic rings. The predicted molar refractivity (Wildman–Crippen MR) is 82.0 cm³/mol. The fourth-order valence-corrected chi connectivity index (χ4v) is 6.16. The summed E-state index contributed by atoms with van der Waals surface area (Å²) >= 11 is 24.4. The van der Waals surface area contributed by atoms with E-state index >= 15 is 0 Å². The van der Waals surface area contributed by atoms with Crippen molar-refractivity contribution in [2.75, 3.05) is 6.61 Å². The molecule has 0 aliphatic carbocycles. The molecule has 6 heteroatoms. The first-order chi connectivity index (χ1) is 8.52. The van der Waals surface area contributed by atoms with Crippen LogP contribution in [0.3, 0.4) is 0 Å². The van der Waals surface area contributed by atoms with Crippen LogP contribution in [0, 0.1) is 0 Å². The molecule has 1 aliphatic heterocycles. The molecule has 1 aromatic carbocycles. The van der Waals surface area contributed by atoms with E-state index in [0.29, 0.717) is 25.6 Å². The van der Waals surface area contributed by atoms with Crippen LogP contribution in [0.1, 0.15) is 30.9 Å². The van der Waals surface area contributed by atoms with Gasteiger partial charge in [0.05, 0.1) is 20.1 Å². The molecular weight excluding hydrogens is 330 g/mol. The molecule has 2 unspecified atom stereocenters. The van der Waals surface area contributed by atoms with Gasteiger partial charge < -0.3 is 4.43 Å². The van der Waals surface area contributed by atoms with Gasteiger partial charge in [0.2, 0.25) is 0 Å². The van der Waals surface area contributed by atoms with Crippen LogP contribution in [0.2, 0.25) is 26.1 Å². The van der Waals surface area contributed by atoms with Crippen LogP contribution in [-0.2, 0) is 4.43 Å². The van der Waals surface area contributed by atoms with E-state index in [2.05, 4.69) is 6.92 Å². The zero-order chi connectivity index (χ0) is 13.3. The minimum Gasteiger partial charge on any atom is -0.419 e. The molecule has 0 N–H and O–H groups in total. The lowest BCUT2D eigenvalue weighted by Crippen LogP contribution is -2.29. The molecule has 0 amide bonds. The summed E-state index contributed by atoms with van der Waals surface area (Å²) in [5, 5.41) is 1.64. The minimum atomic E-state index is -1.28. The van der Waals surface area contributed by atoms with Gasteiger partial charge in [-0.3, -0.25) is 0 Å². The van der Waals surface area contributed by atoms with Crippen LogP contribution in [0.5, 0.6) is 0 Å². The third-order valence-electron chi connectivity index (χ3n) is 3.39. The third-order valence-corrected chi connectivity index (χ3v) is 8.28. The summed E-state index contributed by atoms with van der Waals surface area (Å²) in [6.45, 7) is 3.01. The highest BCUT2D eigenvalue weighted by Crippen LogP contribution is 2.42. The first kappa shape index (κ1) is 15.0. The maximum atomic E-state index is 6.28. The van der Waals surface area contributed by atoms with E-state index in [1.165, 1.54) is 12.5 Å². The quantitative estimate of drug-likeness (QED) is 0.392. The first-order valence-corrected chi connectivity index (χ1v) is 9.43. The van der Waals surface area contributed by atoms with E-state index in [1.54, 1.807) is 0 Å². The second kappa shape index (κ2) is 6.34. The molecule has 2 atom stereocenters. The van der Waals surface area contributed by atoms with Crippen LogP contribution in [0.25, 0.3) is 0 Å². The molecular formula is C12H14Cl4OSi. The average Bonchev–Trinajstić information content (AvgIpc) is 2.41. The predicted octanol–water partition coefficient (Wildman–Crippen LogP) is 5.48. The Morgan fingerprint density at radius 3 is 2.44 bits per heavy atom. The zero-order valence-electron chi connectivity index (χ0n) is 9.98. The number of rotatable bonds is 2. The molecule has 1 fully saturated rings. The van der Waals surface area contributed by atoms with E-state index in [1.807, 2.05) is 6.07 Å². The molecule has 0 spiro atoms. The molecule has 1 heterocycles. The fourth-order valence-electron chi connectivity index (χ4n) is 2.28. The average molecular weight is 344 g/mol. The fraction of sp³-hybridized carbons (Fsp3) is 0.500. The van der Waals surface area contributed by atoms with Crippen LogP contribution < -0.4 is 0 Å². The second-order valence-corrected chi connectivity index (χ2v) is 9.11. The van der Waals surface area contributed by atoms with Gasteiger partial charge in [0.1, 0.15) is 0 Å². The van der Waals surface area contributed by atoms with Crippen molar-refractivity contribution in [3.63, 3.8) is 0 Å². The zero-order valence-corrected chi connectivity index (χ0v) is 14.2. The van der Waals surface area contributed by atoms with Gasteiger partial charge in [-0.1, -0.05) is 59.7 Å². The molecule has 1 aliphatic rings. The van der Waals surface area contributed by atoms with E-state index in [4.69, 9.17) is 50.8 Å². The number of halogens is 4. The third kappa shape index (κ3) is 3.00. The van der Waals surface area contributed by atoms with Crippen molar-refractivity contribution in [3.8, 4) is 0 Å². The topological polar surface area (TPSA) is 9.23 Å². The summed E-state index contributed by atoms with van der Waals surface area (Å²) in [5.41, 5.74) is 1.26. The molecule has 0 saturated carbocycles. The first-order valence-electron chi connectivity index (χ1n) is 5.97. The Morgan fingerprint density at radius 2 is 1.83 bits per heavy atom. The highest BCUT2D eigenvalue weighted by Gasteiger charge is 2.27. The summed E-state index contributed by atoms with van der Waals surface area (Å²) in [6.07, 6.45) is 2.40. The smallest absolute Gasteiger partial charge is 0.184 e. The Balaban J connectivity index is 2.32. The monoisotopic (exact) mass is 342 g/mol. The van der Waals surface area contributed by atoms with E-state index < -0.39 is 9.04 Å². The summed E-state index contributed by atoms with van der Waals surface area (Å²) in [4.78, 5) is 0. The van der Waals surface area contributed by atoms with Crippen LogP contribution >= 0.6 is 46.4 Å². The normalized spacial score (nSPS) is 21.9. The number of hydrogen-bond donors (Lipinski definition) is 0. The van der Waals surface area contributed by atoms with Crippen molar-refractivity contribution in [3.05, 3.63) is 31.7 Å². The lowest BCUT2D eigenvalue weighted by atomic mass is 10.1. The molecule has 0 bridgehead atoms. The lowest BCUT2D eigenvalue weighted by molar-refractivity contribution is 0.281. The summed E-state index contributed by atoms with van der Waals surface area (Å²) < 4.78 is 5.92. The van der Waals surface area contributed by atoms with Crippen LogP contribution in [-0.4, -0.2) is 15.6 Å². The second-order valence-electron chi connectivity index (χ2n) is 4.58. The maximum Gasteiger partial charge on any atom is 0.184 e. The van der Waals surface area contributed by atoms with Gasteiger partial charge in [-0.15, -0.1) is 0 Å². The molecule has 100 valence electrons. The molecule has 0 aromatic heterocycles. The van der Waals surface area contributed by atoms with Crippen molar-refractivity contribution >= 4 is 55.4 Å². The minimum absolute atomic E-state index is 0.296. The lowest BCUT2D eigenvalue weighted by Gasteiger charge is -2.27. The van der Waals surface area contributed by atoms with Gasteiger partial charge in [-0.2, -0.15) is 0 Å². The summed E-state index contributed by atoms with van der Waals surface area (Å²) in [5.74, 6) is 0. The van der Waals surface area contributed by atoms with Crippen molar-refractivity contribution in [1.82, 2.24) is 0 Å². The Labute approximate surface area is 129 Å². The van der Waals surface area contributed by atoms with Crippen LogP contribution in [0.4, 0.5) is 0 Å². The highest BCUT2D eigenvalue weighted by atomic mass is 35.5. The Morgan fingerprint density at radius 1 is 1.11 bits per heavy atom. The van der Waals surface area contributed by atoms with Crippen molar-refractivity contribution in [1.29, 1.82) is 0 Å². The molecule has 1 nitrogen and oxygen atoms in total. The van der Waals surface area contributed by atoms with E-state index in [-0.39, 0.29) is 0 Å². The summed E-state index contributed by atoms with van der Waals surface area (Å²) in [7, 11) is -1.28. The Hall–Kier alpha value is 0.557. The van der Waals surface area contributed by atoms with Gasteiger partial charge in [-0.25, -0.2) is 0 Å². The van der Waals surface area contributed by atoms with Crippen molar-refractivity contribution < 1.29 is 4.43 Å². The van der Waals surface area contributed by atoms with Crippen molar-refractivity contribution in [2.45, 2.75) is 31.4 Å². The standard InChI is InChI=1S/C12H14Cl4OSi/c1-7(18-5-3-2-4-17-18)8-6-9(13)11(15)12(16)10(8)14/h6-7,18H,2-5H2,1H3. The maximum absolute atomic E-state index is 6.28. The van der Waals surface area contributed by atoms with Gasteiger partial charge >= 0.3 is 0 Å². The molecule has 2 rings (SSSR count). The highest BCUT2D eigenvalue weighted by molar-refractivity contribution is 6.55. The Kier molecular flexibility index (Phi) is 5.27. The van der Waals surface area contributed by atoms with Gasteiger partial charge in [0.25, 0.3) is 0 Å².